The molecule has 28 heavy (non-hydrogen) atoms. The van der Waals surface area contributed by atoms with Gasteiger partial charge in [0.1, 0.15) is 23.0 Å². The Balaban J connectivity index is 1.49. The highest BCUT2D eigenvalue weighted by Gasteiger charge is 2.04. The number of benzene rings is 4. The summed E-state index contributed by atoms with van der Waals surface area (Å²) in [5.41, 5.74) is 1.45. The van der Waals surface area contributed by atoms with Crippen LogP contribution in [0.25, 0.3) is 10.8 Å². The second kappa shape index (κ2) is 7.84. The maximum Gasteiger partial charge on any atom is 0.132 e. The Labute approximate surface area is 163 Å². The fourth-order valence-corrected chi connectivity index (χ4v) is 2.90. The molecule has 0 atom stereocenters. The van der Waals surface area contributed by atoms with Gasteiger partial charge in [0.05, 0.1) is 12.8 Å². The molecule has 1 N–H and O–H groups in total. The molecule has 4 aromatic rings. The van der Waals surface area contributed by atoms with E-state index < -0.39 is 0 Å². The first-order valence-corrected chi connectivity index (χ1v) is 8.90. The zero-order chi connectivity index (χ0) is 19.3. The minimum absolute atomic E-state index is 0.237. The van der Waals surface area contributed by atoms with E-state index in [9.17, 15) is 5.11 Å². The van der Waals surface area contributed by atoms with Crippen LogP contribution in [-0.2, 0) is 0 Å². The third-order valence-corrected chi connectivity index (χ3v) is 4.42. The maximum atomic E-state index is 10.5. The number of hydrogen-bond acceptors (Lipinski definition) is 4. The molecule has 0 amide bonds. The molecule has 4 aromatic carbocycles. The number of fused-ring (bicyclic) bond motifs is 1. The van der Waals surface area contributed by atoms with E-state index in [0.717, 1.165) is 33.7 Å². The van der Waals surface area contributed by atoms with Crippen molar-refractivity contribution < 1.29 is 14.6 Å². The molecule has 0 saturated carbocycles. The summed E-state index contributed by atoms with van der Waals surface area (Å²) in [6.07, 6.45) is 1.67. The van der Waals surface area contributed by atoms with E-state index in [1.807, 2.05) is 84.9 Å². The first-order valence-electron chi connectivity index (χ1n) is 8.90. The van der Waals surface area contributed by atoms with Gasteiger partial charge in [-0.3, -0.25) is 4.99 Å². The van der Waals surface area contributed by atoms with Crippen LogP contribution < -0.4 is 9.47 Å². The first-order chi connectivity index (χ1) is 13.7. The van der Waals surface area contributed by atoms with Gasteiger partial charge >= 0.3 is 0 Å². The lowest BCUT2D eigenvalue weighted by Gasteiger charge is -2.07. The van der Waals surface area contributed by atoms with Crippen LogP contribution in [0.2, 0.25) is 0 Å². The molecule has 138 valence electrons. The van der Waals surface area contributed by atoms with E-state index in [1.54, 1.807) is 13.3 Å². The number of phenolic OH excluding ortho intramolecular Hbond substituents is 1. The molecule has 4 nitrogen and oxygen atoms in total. The quantitative estimate of drug-likeness (QED) is 0.433. The SMILES string of the molecule is COc1ccc(Oc2ccc(N=Cc3ccc4ccccc4c3O)cc2)cc1. The van der Waals surface area contributed by atoms with Crippen molar-refractivity contribution in [2.24, 2.45) is 4.99 Å². The molecule has 0 aliphatic heterocycles. The van der Waals surface area contributed by atoms with E-state index in [4.69, 9.17) is 9.47 Å². The highest BCUT2D eigenvalue weighted by atomic mass is 16.5. The minimum atomic E-state index is 0.237. The smallest absolute Gasteiger partial charge is 0.132 e. The number of rotatable bonds is 5. The topological polar surface area (TPSA) is 51.0 Å². The Hall–Kier alpha value is -3.79. The zero-order valence-electron chi connectivity index (χ0n) is 15.4. The maximum absolute atomic E-state index is 10.5. The molecule has 0 spiro atoms. The summed E-state index contributed by atoms with van der Waals surface area (Å²) in [6.45, 7) is 0. The Kier molecular flexibility index (Phi) is 4.93. The molecule has 4 rings (SSSR count). The first kappa shape index (κ1) is 17.6. The molecular weight excluding hydrogens is 350 g/mol. The lowest BCUT2D eigenvalue weighted by molar-refractivity contribution is 0.413. The third kappa shape index (κ3) is 3.81. The van der Waals surface area contributed by atoms with Crippen LogP contribution in [0.5, 0.6) is 23.0 Å². The molecular formula is C24H19NO3. The summed E-state index contributed by atoms with van der Waals surface area (Å²) in [6, 6.07) is 26.4. The van der Waals surface area contributed by atoms with Crippen molar-refractivity contribution in [3.8, 4) is 23.0 Å². The van der Waals surface area contributed by atoms with Crippen molar-refractivity contribution >= 4 is 22.7 Å². The van der Waals surface area contributed by atoms with E-state index in [-0.39, 0.29) is 5.75 Å². The highest BCUT2D eigenvalue weighted by molar-refractivity contribution is 5.97. The van der Waals surface area contributed by atoms with Crippen molar-refractivity contribution in [2.75, 3.05) is 7.11 Å². The van der Waals surface area contributed by atoms with E-state index >= 15 is 0 Å². The zero-order valence-corrected chi connectivity index (χ0v) is 15.4. The molecule has 0 unspecified atom stereocenters. The number of ether oxygens (including phenoxy) is 2. The van der Waals surface area contributed by atoms with Gasteiger partial charge in [-0.25, -0.2) is 0 Å². The number of methoxy groups -OCH3 is 1. The van der Waals surface area contributed by atoms with Gasteiger partial charge in [0.25, 0.3) is 0 Å². The van der Waals surface area contributed by atoms with Crippen LogP contribution in [0.4, 0.5) is 5.69 Å². The monoisotopic (exact) mass is 369 g/mol. The van der Waals surface area contributed by atoms with Crippen LogP contribution in [0.3, 0.4) is 0 Å². The van der Waals surface area contributed by atoms with Crippen molar-refractivity contribution in [1.29, 1.82) is 0 Å². The van der Waals surface area contributed by atoms with Gasteiger partial charge in [0, 0.05) is 17.2 Å². The molecule has 4 heteroatoms. The number of phenols is 1. The summed E-state index contributed by atoms with van der Waals surface area (Å²) in [5.74, 6) is 2.48. The molecule has 0 saturated heterocycles. The van der Waals surface area contributed by atoms with Crippen molar-refractivity contribution in [3.63, 3.8) is 0 Å². The standard InChI is InChI=1S/C24H19NO3/c1-27-20-12-14-22(15-13-20)28-21-10-8-19(9-11-21)25-16-18-7-6-17-4-2-3-5-23(17)24(18)26/h2-16,26H,1H3. The summed E-state index contributed by atoms with van der Waals surface area (Å²) >= 11 is 0. The van der Waals surface area contributed by atoms with Crippen LogP contribution >= 0.6 is 0 Å². The lowest BCUT2D eigenvalue weighted by Crippen LogP contribution is -1.86. The molecule has 0 heterocycles. The predicted octanol–water partition coefficient (Wildman–Crippen LogP) is 6.10. The lowest BCUT2D eigenvalue weighted by atomic mass is 10.1. The van der Waals surface area contributed by atoms with E-state index in [0.29, 0.717) is 5.56 Å². The Bertz CT molecular complexity index is 1120. The van der Waals surface area contributed by atoms with Crippen molar-refractivity contribution in [2.45, 2.75) is 0 Å². The molecule has 0 aliphatic rings. The summed E-state index contributed by atoms with van der Waals surface area (Å²) in [7, 11) is 1.63. The van der Waals surface area contributed by atoms with Gasteiger partial charge in [0.2, 0.25) is 0 Å². The molecule has 0 bridgehead atoms. The summed E-state index contributed by atoms with van der Waals surface area (Å²) < 4.78 is 11.0. The number of aliphatic imine (C=N–C) groups is 1. The normalized spacial score (nSPS) is 11.0. The number of hydrogen-bond donors (Lipinski definition) is 1. The van der Waals surface area contributed by atoms with Gasteiger partial charge in [-0.05, 0) is 60.0 Å². The molecule has 0 aliphatic carbocycles. The van der Waals surface area contributed by atoms with Gasteiger partial charge in [-0.1, -0.05) is 30.3 Å². The van der Waals surface area contributed by atoms with Crippen molar-refractivity contribution in [1.82, 2.24) is 0 Å². The number of nitrogens with zero attached hydrogens (tertiary/aromatic N) is 1. The number of aromatic hydroxyl groups is 1. The minimum Gasteiger partial charge on any atom is -0.507 e. The van der Waals surface area contributed by atoms with Gasteiger partial charge in [-0.2, -0.15) is 0 Å². The molecule has 0 aromatic heterocycles. The summed E-state index contributed by atoms with van der Waals surface area (Å²) in [4.78, 5) is 4.46. The third-order valence-electron chi connectivity index (χ3n) is 4.42. The summed E-state index contributed by atoms with van der Waals surface area (Å²) in [5, 5.41) is 12.3. The average molecular weight is 369 g/mol. The average Bonchev–Trinajstić information content (AvgIpc) is 2.75. The Morgan fingerprint density at radius 2 is 1.39 bits per heavy atom. The van der Waals surface area contributed by atoms with Crippen LogP contribution in [0.1, 0.15) is 5.56 Å². The van der Waals surface area contributed by atoms with Gasteiger partial charge in [-0.15, -0.1) is 0 Å². The van der Waals surface area contributed by atoms with Crippen LogP contribution in [-0.4, -0.2) is 18.4 Å². The predicted molar refractivity (Wildman–Crippen MR) is 112 cm³/mol. The second-order valence-corrected chi connectivity index (χ2v) is 6.25. The van der Waals surface area contributed by atoms with Gasteiger partial charge in [0.15, 0.2) is 0 Å². The largest absolute Gasteiger partial charge is 0.507 e. The van der Waals surface area contributed by atoms with Gasteiger partial charge < -0.3 is 14.6 Å². The van der Waals surface area contributed by atoms with E-state index in [1.165, 1.54) is 0 Å². The fourth-order valence-electron chi connectivity index (χ4n) is 2.90. The molecule has 0 fully saturated rings. The highest BCUT2D eigenvalue weighted by Crippen LogP contribution is 2.29. The van der Waals surface area contributed by atoms with Crippen molar-refractivity contribution in [3.05, 3.63) is 90.5 Å². The Morgan fingerprint density at radius 1 is 0.750 bits per heavy atom. The second-order valence-electron chi connectivity index (χ2n) is 6.25. The Morgan fingerprint density at radius 3 is 2.11 bits per heavy atom. The van der Waals surface area contributed by atoms with E-state index in [2.05, 4.69) is 4.99 Å². The van der Waals surface area contributed by atoms with Crippen LogP contribution in [0, 0.1) is 0 Å². The fraction of sp³-hybridized carbons (Fsp3) is 0.0417. The molecule has 0 radical (unpaired) electrons. The van der Waals surface area contributed by atoms with Crippen LogP contribution in [0.15, 0.2) is 89.9 Å².